The van der Waals surface area contributed by atoms with Gasteiger partial charge in [0, 0.05) is 18.6 Å². The molecule has 1 aliphatic heterocycles. The van der Waals surface area contributed by atoms with Crippen LogP contribution in [0.15, 0.2) is 0 Å². The van der Waals surface area contributed by atoms with E-state index in [1.807, 2.05) is 0 Å². The number of unbranched alkanes of at least 4 members (excludes halogenated alkanes) is 1. The summed E-state index contributed by atoms with van der Waals surface area (Å²) in [5.41, 5.74) is 0. The summed E-state index contributed by atoms with van der Waals surface area (Å²) < 4.78 is 0. The minimum absolute atomic E-state index is 0.663. The fraction of sp³-hybridized carbons (Fsp3) is 1.00. The lowest BCUT2D eigenvalue weighted by molar-refractivity contribution is 0.240. The normalized spacial score (nSPS) is 23.3. The Kier molecular flexibility index (Phi) is 7.09. The summed E-state index contributed by atoms with van der Waals surface area (Å²) in [5.74, 6) is 0. The van der Waals surface area contributed by atoms with Gasteiger partial charge in [0.1, 0.15) is 0 Å². The monoisotopic (exact) mass is 241 g/mol. The van der Waals surface area contributed by atoms with E-state index in [0.29, 0.717) is 12.1 Å². The molecule has 0 amide bonds. The lowest BCUT2D eigenvalue weighted by Gasteiger charge is -2.24. The van der Waals surface area contributed by atoms with Gasteiger partial charge in [-0.2, -0.15) is 0 Å². The first kappa shape index (κ1) is 14.9. The molecule has 102 valence electrons. The van der Waals surface area contributed by atoms with Gasteiger partial charge < -0.3 is 15.1 Å². The van der Waals surface area contributed by atoms with Gasteiger partial charge in [-0.1, -0.05) is 0 Å². The third kappa shape index (κ3) is 6.39. The highest BCUT2D eigenvalue weighted by molar-refractivity contribution is 4.72. The number of hydrogen-bond acceptors (Lipinski definition) is 3. The number of nitrogens with zero attached hydrogens (tertiary/aromatic N) is 2. The minimum atomic E-state index is 0.663. The molecule has 0 aromatic rings. The molecule has 1 heterocycles. The predicted octanol–water partition coefficient (Wildman–Crippen LogP) is 1.79. The highest BCUT2D eigenvalue weighted by atomic mass is 15.2. The lowest BCUT2D eigenvalue weighted by Crippen LogP contribution is -2.36. The molecule has 17 heavy (non-hydrogen) atoms. The number of nitrogens with one attached hydrogen (secondary N) is 1. The van der Waals surface area contributed by atoms with Crippen LogP contribution in [0.25, 0.3) is 0 Å². The maximum absolute atomic E-state index is 3.55. The molecule has 0 aromatic carbocycles. The average molecular weight is 241 g/mol. The van der Waals surface area contributed by atoms with Gasteiger partial charge in [-0.15, -0.1) is 0 Å². The van der Waals surface area contributed by atoms with E-state index >= 15 is 0 Å². The summed E-state index contributed by atoms with van der Waals surface area (Å²) in [6.07, 6.45) is 3.97. The van der Waals surface area contributed by atoms with E-state index in [9.17, 15) is 0 Å². The molecule has 1 unspecified atom stereocenters. The minimum Gasteiger partial charge on any atom is -0.313 e. The maximum atomic E-state index is 3.55. The summed E-state index contributed by atoms with van der Waals surface area (Å²) in [6, 6.07) is 1.34. The molecule has 1 fully saturated rings. The Morgan fingerprint density at radius 2 is 2.12 bits per heavy atom. The topological polar surface area (TPSA) is 18.5 Å². The predicted molar refractivity (Wildman–Crippen MR) is 75.5 cm³/mol. The second-order valence-electron chi connectivity index (χ2n) is 5.79. The molecule has 1 aliphatic rings. The van der Waals surface area contributed by atoms with Gasteiger partial charge in [-0.25, -0.2) is 0 Å². The van der Waals surface area contributed by atoms with Crippen molar-refractivity contribution in [1.82, 2.24) is 15.1 Å². The molecular formula is C14H31N3. The fourth-order valence-electron chi connectivity index (χ4n) is 2.35. The summed E-state index contributed by atoms with van der Waals surface area (Å²) >= 11 is 0. The molecule has 1 saturated heterocycles. The highest BCUT2D eigenvalue weighted by Crippen LogP contribution is 2.04. The van der Waals surface area contributed by atoms with Gasteiger partial charge in [-0.05, 0) is 73.3 Å². The van der Waals surface area contributed by atoms with Crippen LogP contribution in [0, 0.1) is 0 Å². The second kappa shape index (κ2) is 8.06. The third-order valence-corrected chi connectivity index (χ3v) is 3.79. The number of hydrogen-bond donors (Lipinski definition) is 1. The first-order valence-electron chi connectivity index (χ1n) is 7.25. The van der Waals surface area contributed by atoms with Gasteiger partial charge in [0.15, 0.2) is 0 Å². The van der Waals surface area contributed by atoms with Gasteiger partial charge in [0.25, 0.3) is 0 Å². The molecule has 3 heteroatoms. The quantitative estimate of drug-likeness (QED) is 0.715. The zero-order valence-corrected chi connectivity index (χ0v) is 12.2. The van der Waals surface area contributed by atoms with E-state index in [0.717, 1.165) is 0 Å². The van der Waals surface area contributed by atoms with Crippen molar-refractivity contribution in [2.45, 2.75) is 52.1 Å². The van der Waals surface area contributed by atoms with Crippen LogP contribution in [-0.4, -0.2) is 61.7 Å². The maximum Gasteiger partial charge on any atom is 0.0166 e. The SMILES string of the molecule is CC1CN(CCCCN(C)C(C)C)CCCN1. The zero-order chi connectivity index (χ0) is 12.7. The molecule has 0 saturated carbocycles. The summed E-state index contributed by atoms with van der Waals surface area (Å²) in [7, 11) is 2.22. The van der Waals surface area contributed by atoms with E-state index < -0.39 is 0 Å². The Balaban J connectivity index is 2.09. The summed E-state index contributed by atoms with van der Waals surface area (Å²) in [5, 5.41) is 3.55. The highest BCUT2D eigenvalue weighted by Gasteiger charge is 2.13. The van der Waals surface area contributed by atoms with Crippen LogP contribution in [0.4, 0.5) is 0 Å². The van der Waals surface area contributed by atoms with Crippen molar-refractivity contribution in [3.63, 3.8) is 0 Å². The molecule has 1 atom stereocenters. The Bertz CT molecular complexity index is 194. The van der Waals surface area contributed by atoms with Crippen molar-refractivity contribution in [2.24, 2.45) is 0 Å². The van der Waals surface area contributed by atoms with Crippen LogP contribution in [0.5, 0.6) is 0 Å². The van der Waals surface area contributed by atoms with Crippen molar-refractivity contribution in [2.75, 3.05) is 39.8 Å². The Morgan fingerprint density at radius 1 is 1.35 bits per heavy atom. The molecule has 0 spiro atoms. The van der Waals surface area contributed by atoms with Crippen molar-refractivity contribution in [3.05, 3.63) is 0 Å². The first-order valence-corrected chi connectivity index (χ1v) is 7.25. The van der Waals surface area contributed by atoms with Crippen molar-refractivity contribution >= 4 is 0 Å². The van der Waals surface area contributed by atoms with Crippen LogP contribution in [0.2, 0.25) is 0 Å². The van der Waals surface area contributed by atoms with Crippen molar-refractivity contribution in [1.29, 1.82) is 0 Å². The van der Waals surface area contributed by atoms with Gasteiger partial charge in [0.2, 0.25) is 0 Å². The molecule has 0 aromatic heterocycles. The first-order chi connectivity index (χ1) is 8.09. The Hall–Kier alpha value is -0.120. The molecule has 3 nitrogen and oxygen atoms in total. The Labute approximate surface area is 108 Å². The third-order valence-electron chi connectivity index (χ3n) is 3.79. The van der Waals surface area contributed by atoms with Crippen LogP contribution < -0.4 is 5.32 Å². The van der Waals surface area contributed by atoms with Crippen molar-refractivity contribution in [3.8, 4) is 0 Å². The van der Waals surface area contributed by atoms with Crippen LogP contribution in [0.1, 0.15) is 40.0 Å². The molecule has 0 bridgehead atoms. The molecular weight excluding hydrogens is 210 g/mol. The van der Waals surface area contributed by atoms with E-state index in [4.69, 9.17) is 0 Å². The van der Waals surface area contributed by atoms with Gasteiger partial charge in [-0.3, -0.25) is 0 Å². The van der Waals surface area contributed by atoms with Crippen molar-refractivity contribution < 1.29 is 0 Å². The fourth-order valence-corrected chi connectivity index (χ4v) is 2.35. The van der Waals surface area contributed by atoms with Crippen LogP contribution >= 0.6 is 0 Å². The molecule has 1 rings (SSSR count). The lowest BCUT2D eigenvalue weighted by atomic mass is 10.2. The average Bonchev–Trinajstić information content (AvgIpc) is 2.48. The van der Waals surface area contributed by atoms with E-state index in [1.54, 1.807) is 0 Å². The summed E-state index contributed by atoms with van der Waals surface area (Å²) in [4.78, 5) is 5.06. The molecule has 0 radical (unpaired) electrons. The largest absolute Gasteiger partial charge is 0.313 e. The smallest absolute Gasteiger partial charge is 0.0166 e. The van der Waals surface area contributed by atoms with Crippen LogP contribution in [0.3, 0.4) is 0 Å². The standard InChI is InChI=1S/C14H31N3/c1-13(2)16(4)9-5-6-10-17-11-7-8-15-14(3)12-17/h13-15H,5-12H2,1-4H3. The van der Waals surface area contributed by atoms with Crippen LogP contribution in [-0.2, 0) is 0 Å². The Morgan fingerprint density at radius 3 is 2.82 bits per heavy atom. The molecule has 0 aliphatic carbocycles. The van der Waals surface area contributed by atoms with Gasteiger partial charge >= 0.3 is 0 Å². The van der Waals surface area contributed by atoms with E-state index in [1.165, 1.54) is 52.0 Å². The van der Waals surface area contributed by atoms with E-state index in [-0.39, 0.29) is 0 Å². The molecule has 1 N–H and O–H groups in total. The zero-order valence-electron chi connectivity index (χ0n) is 12.2. The second-order valence-corrected chi connectivity index (χ2v) is 5.79. The van der Waals surface area contributed by atoms with E-state index in [2.05, 4.69) is 42.9 Å². The summed E-state index contributed by atoms with van der Waals surface area (Å²) in [6.45, 7) is 13.0. The van der Waals surface area contributed by atoms with Gasteiger partial charge in [0.05, 0.1) is 0 Å². The number of rotatable bonds is 6.